The largest absolute Gasteiger partial charge is 0.480 e. The van der Waals surface area contributed by atoms with Gasteiger partial charge >= 0.3 is 5.97 Å². The van der Waals surface area contributed by atoms with Crippen LogP contribution in [0, 0.1) is 0 Å². The van der Waals surface area contributed by atoms with Gasteiger partial charge in [-0.1, -0.05) is 6.92 Å². The molecule has 1 atom stereocenters. The molecule has 24 heavy (non-hydrogen) atoms. The van der Waals surface area contributed by atoms with Crippen molar-refractivity contribution in [1.82, 2.24) is 20.0 Å². The van der Waals surface area contributed by atoms with E-state index in [1.54, 1.807) is 0 Å². The number of fused-ring (bicyclic) bond motifs is 1. The molecule has 1 aromatic rings. The van der Waals surface area contributed by atoms with E-state index >= 15 is 0 Å². The molecule has 2 heterocycles. The Balaban J connectivity index is 1.61. The van der Waals surface area contributed by atoms with Crippen LogP contribution in [-0.2, 0) is 29.1 Å². The molecular weight excluding hydrogens is 308 g/mol. The second kappa shape index (κ2) is 7.34. The number of carboxylic acid groups (broad SMARTS) is 1. The van der Waals surface area contributed by atoms with Crippen LogP contribution in [0.5, 0.6) is 0 Å². The van der Waals surface area contributed by atoms with Gasteiger partial charge in [-0.15, -0.1) is 0 Å². The summed E-state index contributed by atoms with van der Waals surface area (Å²) in [6.45, 7) is 4.08. The fraction of sp³-hybridized carbons (Fsp3) is 0.706. The predicted molar refractivity (Wildman–Crippen MR) is 88.5 cm³/mol. The number of hydrogen-bond acceptors (Lipinski definition) is 4. The van der Waals surface area contributed by atoms with Gasteiger partial charge in [0.1, 0.15) is 6.04 Å². The number of aromatic nitrogens is 2. The molecule has 0 radical (unpaired) electrons. The minimum atomic E-state index is -0.762. The molecule has 1 unspecified atom stereocenters. The van der Waals surface area contributed by atoms with Crippen molar-refractivity contribution in [2.75, 3.05) is 6.54 Å². The molecule has 7 nitrogen and oxygen atoms in total. The number of carbonyl (C=O) groups is 2. The van der Waals surface area contributed by atoms with Crippen molar-refractivity contribution in [1.29, 1.82) is 0 Å². The Morgan fingerprint density at radius 1 is 1.42 bits per heavy atom. The highest BCUT2D eigenvalue weighted by Gasteiger charge is 2.27. The maximum atomic E-state index is 11.8. The summed E-state index contributed by atoms with van der Waals surface area (Å²) in [5, 5.41) is 17.0. The lowest BCUT2D eigenvalue weighted by Crippen LogP contribution is -2.40. The zero-order chi connectivity index (χ0) is 17.1. The van der Waals surface area contributed by atoms with E-state index in [9.17, 15) is 14.7 Å². The SMILES string of the molecule is CCC(C(=O)O)N1CCCn2nc(CCC(=O)NC3CC3)cc2C1. The van der Waals surface area contributed by atoms with E-state index in [1.165, 1.54) is 0 Å². The first kappa shape index (κ1) is 17.0. The molecule has 3 rings (SSSR count). The minimum Gasteiger partial charge on any atom is -0.480 e. The second-order valence-corrected chi connectivity index (χ2v) is 6.78. The number of aryl methyl sites for hydroxylation is 2. The molecule has 2 N–H and O–H groups in total. The first-order valence-corrected chi connectivity index (χ1v) is 8.88. The number of nitrogens with zero attached hydrogens (tertiary/aromatic N) is 3. The third kappa shape index (κ3) is 4.14. The maximum absolute atomic E-state index is 11.8. The Kier molecular flexibility index (Phi) is 5.18. The first-order chi connectivity index (χ1) is 11.6. The summed E-state index contributed by atoms with van der Waals surface area (Å²) >= 11 is 0. The standard InChI is InChI=1S/C17H26N4O3/c1-2-15(17(23)24)20-8-3-9-21-14(11-20)10-13(19-21)6-7-16(22)18-12-4-5-12/h10,12,15H,2-9,11H2,1H3,(H,18,22)(H,23,24). The van der Waals surface area contributed by atoms with Crippen LogP contribution in [0.25, 0.3) is 0 Å². The van der Waals surface area contributed by atoms with E-state index in [0.717, 1.165) is 43.7 Å². The highest BCUT2D eigenvalue weighted by atomic mass is 16.4. The molecule has 1 amide bonds. The number of aliphatic carboxylic acids is 1. The highest BCUT2D eigenvalue weighted by Crippen LogP contribution is 2.20. The zero-order valence-electron chi connectivity index (χ0n) is 14.2. The van der Waals surface area contributed by atoms with Crippen LogP contribution in [0.3, 0.4) is 0 Å². The fourth-order valence-corrected chi connectivity index (χ4v) is 3.29. The molecule has 0 spiro atoms. The van der Waals surface area contributed by atoms with Gasteiger partial charge in [-0.2, -0.15) is 5.10 Å². The zero-order valence-corrected chi connectivity index (χ0v) is 14.2. The van der Waals surface area contributed by atoms with Gasteiger partial charge in [-0.05, 0) is 31.7 Å². The Morgan fingerprint density at radius 3 is 2.88 bits per heavy atom. The molecule has 1 fully saturated rings. The van der Waals surface area contributed by atoms with Crippen LogP contribution in [-0.4, -0.2) is 50.3 Å². The number of nitrogens with one attached hydrogen (secondary N) is 1. The third-order valence-corrected chi connectivity index (χ3v) is 4.76. The second-order valence-electron chi connectivity index (χ2n) is 6.78. The predicted octanol–water partition coefficient (Wildman–Crippen LogP) is 1.16. The number of amides is 1. The summed E-state index contributed by atoms with van der Waals surface area (Å²) in [5.74, 6) is -0.665. The van der Waals surface area contributed by atoms with Crippen LogP contribution in [0.1, 0.15) is 50.4 Å². The third-order valence-electron chi connectivity index (χ3n) is 4.76. The van der Waals surface area contributed by atoms with Gasteiger partial charge in [-0.25, -0.2) is 0 Å². The van der Waals surface area contributed by atoms with Gasteiger partial charge in [0.2, 0.25) is 5.91 Å². The Morgan fingerprint density at radius 2 is 2.21 bits per heavy atom. The summed E-state index contributed by atoms with van der Waals surface area (Å²) in [4.78, 5) is 25.2. The van der Waals surface area contributed by atoms with Crippen LogP contribution < -0.4 is 5.32 Å². The fourth-order valence-electron chi connectivity index (χ4n) is 3.29. The monoisotopic (exact) mass is 334 g/mol. The average molecular weight is 334 g/mol. The van der Waals surface area contributed by atoms with Crippen LogP contribution in [0.15, 0.2) is 6.07 Å². The molecule has 1 aromatic heterocycles. The van der Waals surface area contributed by atoms with Crippen LogP contribution in [0.2, 0.25) is 0 Å². The van der Waals surface area contributed by atoms with Crippen molar-refractivity contribution in [2.45, 2.75) is 70.6 Å². The van der Waals surface area contributed by atoms with Gasteiger partial charge in [-0.3, -0.25) is 19.2 Å². The van der Waals surface area contributed by atoms with Crippen molar-refractivity contribution >= 4 is 11.9 Å². The summed E-state index contributed by atoms with van der Waals surface area (Å²) in [6, 6.07) is 1.98. The van der Waals surface area contributed by atoms with Gasteiger partial charge < -0.3 is 10.4 Å². The molecule has 0 saturated heterocycles. The van der Waals surface area contributed by atoms with Gasteiger partial charge in [0.05, 0.1) is 11.4 Å². The minimum absolute atomic E-state index is 0.0965. The van der Waals surface area contributed by atoms with Crippen molar-refractivity contribution in [3.05, 3.63) is 17.5 Å². The van der Waals surface area contributed by atoms with Gasteiger partial charge in [0.15, 0.2) is 0 Å². The van der Waals surface area contributed by atoms with Crippen LogP contribution >= 0.6 is 0 Å². The summed E-state index contributed by atoms with van der Waals surface area (Å²) in [5.41, 5.74) is 1.96. The number of carboxylic acids is 1. The number of carbonyl (C=O) groups excluding carboxylic acids is 1. The molecule has 2 aliphatic rings. The lowest BCUT2D eigenvalue weighted by atomic mass is 10.1. The highest BCUT2D eigenvalue weighted by molar-refractivity contribution is 5.76. The van der Waals surface area contributed by atoms with E-state index in [2.05, 4.69) is 10.4 Å². The van der Waals surface area contributed by atoms with E-state index in [-0.39, 0.29) is 5.91 Å². The lowest BCUT2D eigenvalue weighted by Gasteiger charge is -2.25. The molecule has 0 aromatic carbocycles. The number of hydrogen-bond donors (Lipinski definition) is 2. The molecule has 1 saturated carbocycles. The van der Waals surface area contributed by atoms with Crippen molar-refractivity contribution in [2.24, 2.45) is 0 Å². The van der Waals surface area contributed by atoms with Crippen molar-refractivity contribution in [3.8, 4) is 0 Å². The normalized spacial score (nSPS) is 19.4. The smallest absolute Gasteiger partial charge is 0.320 e. The first-order valence-electron chi connectivity index (χ1n) is 8.88. The summed E-state index contributed by atoms with van der Waals surface area (Å²) < 4.78 is 1.97. The Bertz CT molecular complexity index is 609. The van der Waals surface area contributed by atoms with Crippen molar-refractivity contribution < 1.29 is 14.7 Å². The Labute approximate surface area is 142 Å². The summed E-state index contributed by atoms with van der Waals surface area (Å²) in [6.07, 6.45) is 4.78. The topological polar surface area (TPSA) is 87.5 Å². The van der Waals surface area contributed by atoms with Crippen molar-refractivity contribution in [3.63, 3.8) is 0 Å². The molecule has 1 aliphatic carbocycles. The van der Waals surface area contributed by atoms with E-state index < -0.39 is 12.0 Å². The number of rotatable bonds is 7. The molecule has 0 bridgehead atoms. The average Bonchev–Trinajstić information content (AvgIpc) is 3.29. The molecule has 132 valence electrons. The van der Waals surface area contributed by atoms with Gasteiger partial charge in [0, 0.05) is 38.5 Å². The van der Waals surface area contributed by atoms with E-state index in [0.29, 0.717) is 31.8 Å². The maximum Gasteiger partial charge on any atom is 0.320 e. The molecule has 7 heteroatoms. The lowest BCUT2D eigenvalue weighted by molar-refractivity contribution is -0.143. The quantitative estimate of drug-likeness (QED) is 0.781. The summed E-state index contributed by atoms with van der Waals surface area (Å²) in [7, 11) is 0. The van der Waals surface area contributed by atoms with Crippen LogP contribution in [0.4, 0.5) is 0 Å². The van der Waals surface area contributed by atoms with E-state index in [1.807, 2.05) is 22.6 Å². The molecule has 1 aliphatic heterocycles. The molecular formula is C17H26N4O3. The Hall–Kier alpha value is -1.89. The van der Waals surface area contributed by atoms with Gasteiger partial charge in [0.25, 0.3) is 0 Å². The van der Waals surface area contributed by atoms with E-state index in [4.69, 9.17) is 0 Å².